The molecule has 1 saturated heterocycles. The first-order valence-electron chi connectivity index (χ1n) is 8.96. The Kier molecular flexibility index (Phi) is 6.01. The van der Waals surface area contributed by atoms with Crippen LogP contribution in [0, 0.1) is 12.8 Å². The Morgan fingerprint density at radius 2 is 1.70 bits per heavy atom. The predicted molar refractivity (Wildman–Crippen MR) is 109 cm³/mol. The van der Waals surface area contributed by atoms with E-state index in [1.807, 2.05) is 55.5 Å². The standard InChI is InChI=1S/C22H23NO3S/c1-15(2)14-26-19-10-8-17(9-11-19)12-20-21(24)23(22(25)27-20)13-18-6-4-16(3)5-7-18/h4-12,15H,13-14H2,1-3H3/b20-12-. The average Bonchev–Trinajstić information content (AvgIpc) is 2.90. The van der Waals surface area contributed by atoms with E-state index >= 15 is 0 Å². The molecule has 0 saturated carbocycles. The number of nitrogens with zero attached hydrogens (tertiary/aromatic N) is 1. The lowest BCUT2D eigenvalue weighted by atomic mass is 10.1. The number of benzene rings is 2. The molecule has 0 aromatic heterocycles. The highest BCUT2D eigenvalue weighted by atomic mass is 32.2. The van der Waals surface area contributed by atoms with Crippen LogP contribution in [0.5, 0.6) is 5.75 Å². The molecule has 0 radical (unpaired) electrons. The molecule has 27 heavy (non-hydrogen) atoms. The molecule has 1 heterocycles. The second kappa shape index (κ2) is 8.44. The largest absolute Gasteiger partial charge is 0.493 e. The van der Waals surface area contributed by atoms with E-state index in [9.17, 15) is 9.59 Å². The number of hydrogen-bond donors (Lipinski definition) is 0. The van der Waals surface area contributed by atoms with Crippen molar-refractivity contribution in [2.75, 3.05) is 6.61 Å². The molecule has 2 aromatic carbocycles. The smallest absolute Gasteiger partial charge is 0.293 e. The summed E-state index contributed by atoms with van der Waals surface area (Å²) in [4.78, 5) is 26.6. The Morgan fingerprint density at radius 1 is 1.04 bits per heavy atom. The van der Waals surface area contributed by atoms with E-state index in [0.29, 0.717) is 24.0 Å². The maximum Gasteiger partial charge on any atom is 0.293 e. The molecule has 0 spiro atoms. The lowest BCUT2D eigenvalue weighted by molar-refractivity contribution is -0.123. The van der Waals surface area contributed by atoms with Crippen molar-refractivity contribution in [3.8, 4) is 5.75 Å². The number of ether oxygens (including phenoxy) is 1. The first kappa shape index (κ1) is 19.2. The molecule has 1 aliphatic heterocycles. The number of amides is 2. The van der Waals surface area contributed by atoms with Crippen LogP contribution in [0.1, 0.15) is 30.5 Å². The summed E-state index contributed by atoms with van der Waals surface area (Å²) in [5.74, 6) is 1.02. The van der Waals surface area contributed by atoms with Crippen LogP contribution in [0.3, 0.4) is 0 Å². The van der Waals surface area contributed by atoms with Gasteiger partial charge in [-0.2, -0.15) is 0 Å². The zero-order chi connectivity index (χ0) is 19.4. The molecule has 1 fully saturated rings. The summed E-state index contributed by atoms with van der Waals surface area (Å²) in [7, 11) is 0. The fourth-order valence-corrected chi connectivity index (χ4v) is 3.43. The Morgan fingerprint density at radius 3 is 2.33 bits per heavy atom. The van der Waals surface area contributed by atoms with Gasteiger partial charge in [-0.3, -0.25) is 14.5 Å². The molecule has 4 nitrogen and oxygen atoms in total. The Bertz CT molecular complexity index is 854. The Hall–Kier alpha value is -2.53. The van der Waals surface area contributed by atoms with Crippen molar-refractivity contribution < 1.29 is 14.3 Å². The summed E-state index contributed by atoms with van der Waals surface area (Å²) in [6, 6.07) is 15.4. The van der Waals surface area contributed by atoms with Gasteiger partial charge in [-0.15, -0.1) is 0 Å². The number of imide groups is 1. The fraction of sp³-hybridized carbons (Fsp3) is 0.273. The van der Waals surface area contributed by atoms with Crippen molar-refractivity contribution in [2.45, 2.75) is 27.3 Å². The number of hydrogen-bond acceptors (Lipinski definition) is 4. The van der Waals surface area contributed by atoms with Crippen LogP contribution in [0.15, 0.2) is 53.4 Å². The van der Waals surface area contributed by atoms with Gasteiger partial charge in [0, 0.05) is 0 Å². The van der Waals surface area contributed by atoms with Gasteiger partial charge >= 0.3 is 0 Å². The molecule has 0 unspecified atom stereocenters. The second-order valence-corrected chi connectivity index (χ2v) is 8.02. The van der Waals surface area contributed by atoms with Crippen LogP contribution in [0.25, 0.3) is 6.08 Å². The third-order valence-corrected chi connectivity index (χ3v) is 5.00. The number of thioether (sulfide) groups is 1. The SMILES string of the molecule is Cc1ccc(CN2C(=O)S/C(=C\c3ccc(OCC(C)C)cc3)C2=O)cc1. The molecular formula is C22H23NO3S. The van der Waals surface area contributed by atoms with Crippen molar-refractivity contribution >= 4 is 29.0 Å². The zero-order valence-electron chi connectivity index (χ0n) is 15.8. The highest BCUT2D eigenvalue weighted by Gasteiger charge is 2.34. The highest BCUT2D eigenvalue weighted by molar-refractivity contribution is 8.18. The van der Waals surface area contributed by atoms with E-state index in [4.69, 9.17) is 4.74 Å². The van der Waals surface area contributed by atoms with Crippen molar-refractivity contribution in [3.63, 3.8) is 0 Å². The first-order valence-corrected chi connectivity index (χ1v) is 9.78. The van der Waals surface area contributed by atoms with E-state index in [0.717, 1.165) is 34.2 Å². The van der Waals surface area contributed by atoms with Gasteiger partial charge in [0.25, 0.3) is 11.1 Å². The summed E-state index contributed by atoms with van der Waals surface area (Å²) in [6.45, 7) is 7.16. The summed E-state index contributed by atoms with van der Waals surface area (Å²) < 4.78 is 5.67. The second-order valence-electron chi connectivity index (χ2n) is 7.03. The molecule has 3 rings (SSSR count). The minimum absolute atomic E-state index is 0.233. The molecule has 5 heteroatoms. The predicted octanol–water partition coefficient (Wildman–Crippen LogP) is 5.27. The Balaban J connectivity index is 1.69. The molecule has 2 amide bonds. The van der Waals surface area contributed by atoms with Gasteiger partial charge in [0.1, 0.15) is 5.75 Å². The summed E-state index contributed by atoms with van der Waals surface area (Å²) >= 11 is 0.985. The van der Waals surface area contributed by atoms with Gasteiger partial charge in [-0.25, -0.2) is 0 Å². The van der Waals surface area contributed by atoms with Crippen LogP contribution in [-0.2, 0) is 11.3 Å². The molecule has 140 valence electrons. The zero-order valence-corrected chi connectivity index (χ0v) is 16.6. The normalized spacial score (nSPS) is 15.9. The average molecular weight is 381 g/mol. The molecule has 1 aliphatic rings. The quantitative estimate of drug-likeness (QED) is 0.640. The van der Waals surface area contributed by atoms with Gasteiger partial charge in [-0.1, -0.05) is 55.8 Å². The maximum absolute atomic E-state index is 12.6. The van der Waals surface area contributed by atoms with Gasteiger partial charge in [0.15, 0.2) is 0 Å². The lowest BCUT2D eigenvalue weighted by Gasteiger charge is -2.12. The minimum atomic E-state index is -0.245. The molecule has 0 aliphatic carbocycles. The van der Waals surface area contributed by atoms with Gasteiger partial charge < -0.3 is 4.74 Å². The third-order valence-electron chi connectivity index (χ3n) is 4.10. The van der Waals surface area contributed by atoms with Crippen LogP contribution in [0.2, 0.25) is 0 Å². The van der Waals surface area contributed by atoms with Crippen LogP contribution in [0.4, 0.5) is 4.79 Å². The number of carbonyl (C=O) groups excluding carboxylic acids is 2. The lowest BCUT2D eigenvalue weighted by Crippen LogP contribution is -2.27. The van der Waals surface area contributed by atoms with Gasteiger partial charge in [-0.05, 0) is 53.9 Å². The van der Waals surface area contributed by atoms with Gasteiger partial charge in [0.2, 0.25) is 0 Å². The van der Waals surface area contributed by atoms with Crippen molar-refractivity contribution in [1.29, 1.82) is 0 Å². The van der Waals surface area contributed by atoms with E-state index in [2.05, 4.69) is 13.8 Å². The van der Waals surface area contributed by atoms with Crippen LogP contribution >= 0.6 is 11.8 Å². The number of rotatable bonds is 6. The van der Waals surface area contributed by atoms with Gasteiger partial charge in [0.05, 0.1) is 18.1 Å². The monoisotopic (exact) mass is 381 g/mol. The minimum Gasteiger partial charge on any atom is -0.493 e. The molecule has 2 aromatic rings. The topological polar surface area (TPSA) is 46.6 Å². The van der Waals surface area contributed by atoms with E-state index in [-0.39, 0.29) is 11.1 Å². The summed E-state index contributed by atoms with van der Waals surface area (Å²) in [5, 5.41) is -0.233. The van der Waals surface area contributed by atoms with Crippen LogP contribution in [-0.4, -0.2) is 22.7 Å². The third kappa shape index (κ3) is 5.01. The Labute approximate surface area is 164 Å². The fourth-order valence-electron chi connectivity index (χ4n) is 2.59. The van der Waals surface area contributed by atoms with Crippen molar-refractivity contribution in [1.82, 2.24) is 4.90 Å². The summed E-state index contributed by atoms with van der Waals surface area (Å²) in [5.41, 5.74) is 2.96. The summed E-state index contributed by atoms with van der Waals surface area (Å²) in [6.07, 6.45) is 1.76. The first-order chi connectivity index (χ1) is 12.9. The highest BCUT2D eigenvalue weighted by Crippen LogP contribution is 2.33. The molecular weight excluding hydrogens is 358 g/mol. The maximum atomic E-state index is 12.6. The molecule has 0 N–H and O–H groups in total. The van der Waals surface area contributed by atoms with Crippen molar-refractivity contribution in [2.24, 2.45) is 5.92 Å². The van der Waals surface area contributed by atoms with E-state index in [1.54, 1.807) is 6.08 Å². The van der Waals surface area contributed by atoms with Crippen LogP contribution < -0.4 is 4.74 Å². The molecule has 0 atom stereocenters. The number of aryl methyl sites for hydroxylation is 1. The van der Waals surface area contributed by atoms with E-state index < -0.39 is 0 Å². The number of carbonyl (C=O) groups is 2. The molecule has 0 bridgehead atoms. The van der Waals surface area contributed by atoms with E-state index in [1.165, 1.54) is 4.90 Å². The van der Waals surface area contributed by atoms with Crippen molar-refractivity contribution in [3.05, 3.63) is 70.1 Å².